The highest BCUT2D eigenvalue weighted by Gasteiger charge is 2.19. The predicted octanol–water partition coefficient (Wildman–Crippen LogP) is 6.97. The van der Waals surface area contributed by atoms with E-state index in [2.05, 4.69) is 15.2 Å². The maximum absolute atomic E-state index is 12.9. The number of piperidine rings is 1. The first kappa shape index (κ1) is 27.5. The number of Topliss-reactive ketones (excluding diaryl/α,β-unsaturated/α-hetero) is 2. The van der Waals surface area contributed by atoms with Crippen molar-refractivity contribution in [2.45, 2.75) is 25.7 Å². The molecule has 6 rings (SSSR count). The Morgan fingerprint density at radius 2 is 1.40 bits per heavy atom. The van der Waals surface area contributed by atoms with Crippen LogP contribution in [0.1, 0.15) is 44.7 Å². The van der Waals surface area contributed by atoms with Gasteiger partial charge in [-0.15, -0.1) is 0 Å². The number of aromatic amines is 1. The smallest absolute Gasteiger partial charge is 0.167 e. The Hall–Kier alpha value is -4.68. The van der Waals surface area contributed by atoms with E-state index in [4.69, 9.17) is 0 Å². The molecular weight excluding hydrogens is 522 g/mol. The second-order valence-electron chi connectivity index (χ2n) is 11.2. The van der Waals surface area contributed by atoms with Gasteiger partial charge in [-0.3, -0.25) is 9.59 Å². The maximum atomic E-state index is 12.9. The highest BCUT2D eigenvalue weighted by Crippen LogP contribution is 2.24. The van der Waals surface area contributed by atoms with Crippen LogP contribution in [0.3, 0.4) is 0 Å². The van der Waals surface area contributed by atoms with Crippen molar-refractivity contribution in [1.29, 1.82) is 0 Å². The molecule has 0 saturated carbocycles. The molecule has 0 bridgehead atoms. The number of H-pyrrole nitrogens is 1. The van der Waals surface area contributed by atoms with E-state index in [0.29, 0.717) is 29.9 Å². The van der Waals surface area contributed by atoms with E-state index < -0.39 is 0 Å². The van der Waals surface area contributed by atoms with Crippen molar-refractivity contribution in [2.24, 2.45) is 5.92 Å². The molecule has 1 unspecified atom stereocenters. The molecule has 0 spiro atoms. The number of carbonyl (C=O) groups is 2. The van der Waals surface area contributed by atoms with Crippen LogP contribution in [-0.4, -0.2) is 41.4 Å². The highest BCUT2D eigenvalue weighted by molar-refractivity contribution is 6.00. The number of carbonyl (C=O) groups excluding carboxylic acids is 2. The van der Waals surface area contributed by atoms with Crippen LogP contribution in [0.15, 0.2) is 103 Å². The van der Waals surface area contributed by atoms with E-state index in [-0.39, 0.29) is 18.2 Å². The van der Waals surface area contributed by atoms with Crippen molar-refractivity contribution in [3.63, 3.8) is 0 Å². The molecule has 2 heterocycles. The van der Waals surface area contributed by atoms with Crippen molar-refractivity contribution in [3.8, 4) is 0 Å². The second-order valence-corrected chi connectivity index (χ2v) is 11.2. The number of hydrogen-bond donors (Lipinski definition) is 3. The molecular formula is C36H35N3O3. The van der Waals surface area contributed by atoms with Crippen molar-refractivity contribution < 1.29 is 14.7 Å². The molecule has 6 heteroatoms. The summed E-state index contributed by atoms with van der Waals surface area (Å²) in [4.78, 5) is 31.2. The molecule has 0 amide bonds. The lowest BCUT2D eigenvalue weighted by Gasteiger charge is -2.33. The lowest BCUT2D eigenvalue weighted by Crippen LogP contribution is -2.36. The van der Waals surface area contributed by atoms with Gasteiger partial charge >= 0.3 is 0 Å². The number of aliphatic hydroxyl groups is 1. The van der Waals surface area contributed by atoms with Crippen molar-refractivity contribution in [2.75, 3.05) is 29.9 Å². The number of benzene rings is 4. The third kappa shape index (κ3) is 6.45. The van der Waals surface area contributed by atoms with Crippen LogP contribution >= 0.6 is 0 Å². The van der Waals surface area contributed by atoms with Crippen LogP contribution in [0.25, 0.3) is 10.9 Å². The summed E-state index contributed by atoms with van der Waals surface area (Å²) in [5.74, 6) is 0.503. The van der Waals surface area contributed by atoms with E-state index in [0.717, 1.165) is 65.0 Å². The van der Waals surface area contributed by atoms with Gasteiger partial charge in [0.25, 0.3) is 0 Å². The molecule has 6 nitrogen and oxygen atoms in total. The zero-order chi connectivity index (χ0) is 28.9. The summed E-state index contributed by atoms with van der Waals surface area (Å²) >= 11 is 0. The van der Waals surface area contributed by atoms with Gasteiger partial charge in [0.05, 0.1) is 0 Å². The Morgan fingerprint density at radius 3 is 2.05 bits per heavy atom. The Morgan fingerprint density at radius 1 is 0.786 bits per heavy atom. The Kier molecular flexibility index (Phi) is 8.15. The number of nitrogens with one attached hydrogen (secondary N) is 2. The first-order valence-corrected chi connectivity index (χ1v) is 14.6. The van der Waals surface area contributed by atoms with Crippen molar-refractivity contribution in [3.05, 3.63) is 126 Å². The average Bonchev–Trinajstić information content (AvgIpc) is 3.51. The van der Waals surface area contributed by atoms with Gasteiger partial charge in [-0.25, -0.2) is 0 Å². The first-order chi connectivity index (χ1) is 20.5. The summed E-state index contributed by atoms with van der Waals surface area (Å²) in [5, 5.41) is 14.0. The van der Waals surface area contributed by atoms with Gasteiger partial charge in [-0.1, -0.05) is 36.4 Å². The molecule has 42 heavy (non-hydrogen) atoms. The number of rotatable bonds is 10. The number of hydrogen-bond acceptors (Lipinski definition) is 5. The standard InChI is InChI=1S/C36H35N3O3/c40-24-27-2-1-19-39(23-27)33-15-9-29(10-16-33)35(41)20-25-3-11-31(12-4-25)38-32-13-5-26(6-14-32)21-36(42)30-8-7-28-17-18-37-34(28)22-30/h3-18,22,27,37-38,40H,1-2,19-21,23-24H2. The number of fused-ring (bicyclic) bond motifs is 1. The molecule has 212 valence electrons. The Labute approximate surface area is 246 Å². The molecule has 0 radical (unpaired) electrons. The number of aromatic nitrogens is 1. The minimum Gasteiger partial charge on any atom is -0.396 e. The predicted molar refractivity (Wildman–Crippen MR) is 169 cm³/mol. The fourth-order valence-corrected chi connectivity index (χ4v) is 5.68. The topological polar surface area (TPSA) is 85.4 Å². The summed E-state index contributed by atoms with van der Waals surface area (Å²) in [5.41, 5.74) is 7.28. The van der Waals surface area contributed by atoms with Gasteiger partial charge in [0.15, 0.2) is 11.6 Å². The fraction of sp³-hybridized carbons (Fsp3) is 0.222. The molecule has 1 saturated heterocycles. The average molecular weight is 558 g/mol. The van der Waals surface area contributed by atoms with Crippen LogP contribution in [0.5, 0.6) is 0 Å². The molecule has 1 atom stereocenters. The fourth-order valence-electron chi connectivity index (χ4n) is 5.68. The summed E-state index contributed by atoms with van der Waals surface area (Å²) in [6.45, 7) is 2.07. The third-order valence-corrected chi connectivity index (χ3v) is 8.13. The molecule has 1 aromatic heterocycles. The number of aliphatic hydroxyl groups excluding tert-OH is 1. The van der Waals surface area contributed by atoms with Gasteiger partial charge in [-0.2, -0.15) is 0 Å². The SMILES string of the molecule is O=C(Cc1ccc(Nc2ccc(CC(=O)c3ccc4cc[nH]c4c3)cc2)cc1)c1ccc(N2CCCC(CO)C2)cc1. The lowest BCUT2D eigenvalue weighted by atomic mass is 9.98. The highest BCUT2D eigenvalue weighted by atomic mass is 16.3. The Bertz CT molecular complexity index is 1670. The van der Waals surface area contributed by atoms with Gasteiger partial charge < -0.3 is 20.3 Å². The molecule has 5 aromatic rings. The molecule has 1 aliphatic heterocycles. The molecule has 1 aliphatic rings. The van der Waals surface area contributed by atoms with Gasteiger partial charge in [-0.05, 0) is 95.9 Å². The van der Waals surface area contributed by atoms with Crippen molar-refractivity contribution >= 4 is 39.5 Å². The van der Waals surface area contributed by atoms with Crippen LogP contribution in [-0.2, 0) is 12.8 Å². The van der Waals surface area contributed by atoms with E-state index in [1.165, 1.54) is 0 Å². The summed E-state index contributed by atoms with van der Waals surface area (Å²) in [6.07, 6.45) is 4.72. The lowest BCUT2D eigenvalue weighted by molar-refractivity contribution is 0.0985. The summed E-state index contributed by atoms with van der Waals surface area (Å²) < 4.78 is 0. The molecule has 3 N–H and O–H groups in total. The van der Waals surface area contributed by atoms with Crippen LogP contribution in [0, 0.1) is 5.92 Å². The number of anilines is 3. The van der Waals surface area contributed by atoms with E-state index in [9.17, 15) is 14.7 Å². The van der Waals surface area contributed by atoms with Crippen LogP contribution in [0.4, 0.5) is 17.1 Å². The number of nitrogens with zero attached hydrogens (tertiary/aromatic N) is 1. The van der Waals surface area contributed by atoms with Gasteiger partial charge in [0, 0.05) is 72.4 Å². The monoisotopic (exact) mass is 557 g/mol. The van der Waals surface area contributed by atoms with Gasteiger partial charge in [0.2, 0.25) is 0 Å². The maximum Gasteiger partial charge on any atom is 0.167 e. The molecule has 4 aromatic carbocycles. The largest absolute Gasteiger partial charge is 0.396 e. The summed E-state index contributed by atoms with van der Waals surface area (Å²) in [7, 11) is 0. The third-order valence-electron chi connectivity index (χ3n) is 8.13. The quantitative estimate of drug-likeness (QED) is 0.162. The second kappa shape index (κ2) is 12.5. The van der Waals surface area contributed by atoms with E-state index in [1.807, 2.05) is 103 Å². The number of ketones is 2. The van der Waals surface area contributed by atoms with E-state index in [1.54, 1.807) is 0 Å². The zero-order valence-electron chi connectivity index (χ0n) is 23.6. The normalized spacial score (nSPS) is 15.1. The minimum absolute atomic E-state index is 0.0893. The molecule has 1 fully saturated rings. The van der Waals surface area contributed by atoms with E-state index >= 15 is 0 Å². The van der Waals surface area contributed by atoms with Crippen molar-refractivity contribution in [1.82, 2.24) is 4.98 Å². The zero-order valence-corrected chi connectivity index (χ0v) is 23.6. The van der Waals surface area contributed by atoms with Crippen LogP contribution in [0.2, 0.25) is 0 Å². The first-order valence-electron chi connectivity index (χ1n) is 14.6. The molecule has 0 aliphatic carbocycles. The summed E-state index contributed by atoms with van der Waals surface area (Å²) in [6, 6.07) is 31.4. The Balaban J connectivity index is 1.01. The minimum atomic E-state index is 0.0893. The van der Waals surface area contributed by atoms with Crippen LogP contribution < -0.4 is 10.2 Å². The van der Waals surface area contributed by atoms with Gasteiger partial charge in [0.1, 0.15) is 0 Å².